The minimum Gasteiger partial charge on any atom is -1.00 e. The second-order valence-corrected chi connectivity index (χ2v) is 10.4. The highest BCUT2D eigenvalue weighted by atomic mass is 127. The number of rotatable bonds is 6. The molecule has 0 spiro atoms. The van der Waals surface area contributed by atoms with Crippen molar-refractivity contribution in [2.75, 3.05) is 43.4 Å². The van der Waals surface area contributed by atoms with Gasteiger partial charge in [0.15, 0.2) is 0 Å². The zero-order valence-electron chi connectivity index (χ0n) is 21.4. The van der Waals surface area contributed by atoms with Crippen LogP contribution >= 0.6 is 0 Å². The summed E-state index contributed by atoms with van der Waals surface area (Å²) in [4.78, 5) is 11.3. The summed E-state index contributed by atoms with van der Waals surface area (Å²) in [5.41, 5.74) is 0.715. The topological polar surface area (TPSA) is 41.1 Å². The monoisotopic (exact) mass is 641 g/mol. The van der Waals surface area contributed by atoms with Crippen LogP contribution in [-0.4, -0.2) is 53.7 Å². The molecule has 0 bridgehead atoms. The number of nitrogens with one attached hydrogen (secondary N) is 1. The van der Waals surface area contributed by atoms with Crippen LogP contribution in [0.4, 0.5) is 29.3 Å². The van der Waals surface area contributed by atoms with Crippen molar-refractivity contribution in [2.45, 2.75) is 44.7 Å². The van der Waals surface area contributed by atoms with Crippen LogP contribution in [0.2, 0.25) is 0 Å². The van der Waals surface area contributed by atoms with Gasteiger partial charge in [-0.3, -0.25) is 0 Å². The Morgan fingerprint density at radius 2 is 1.55 bits per heavy atom. The highest BCUT2D eigenvalue weighted by molar-refractivity contribution is 5.75. The maximum absolute atomic E-state index is 14.7. The molecule has 38 heavy (non-hydrogen) atoms. The van der Waals surface area contributed by atoms with E-state index in [4.69, 9.17) is 4.98 Å². The standard InChI is InChI=1S/C28H32F4N5.HI/c1-37(13-3-2-4-14-37)22-9-11-36(12-10-22)28-34-18-24(23-8-7-21(30)16-26(23)32)27(35-28)33-17-19-5-6-20(29)15-25(19)31;/h5-8,15-16,18,22H,2-4,9-14,17H2,1H3,(H,33,34,35);1H/q+1;/p-1. The lowest BCUT2D eigenvalue weighted by Gasteiger charge is -2.47. The molecule has 2 saturated heterocycles. The molecule has 2 fully saturated rings. The maximum atomic E-state index is 14.7. The minimum absolute atomic E-state index is 0. The summed E-state index contributed by atoms with van der Waals surface area (Å²) in [6, 6.07) is 7.28. The molecule has 2 aliphatic rings. The van der Waals surface area contributed by atoms with Gasteiger partial charge in [-0.2, -0.15) is 4.98 Å². The van der Waals surface area contributed by atoms with Crippen molar-refractivity contribution in [3.8, 4) is 11.1 Å². The van der Waals surface area contributed by atoms with Crippen molar-refractivity contribution in [1.82, 2.24) is 9.97 Å². The van der Waals surface area contributed by atoms with E-state index < -0.39 is 23.3 Å². The SMILES string of the molecule is C[N+]1(C2CCN(c3ncc(-c4ccc(F)cc4F)c(NCc4ccc(F)cc4F)n3)CC2)CCCCC1.[I-]. The number of benzene rings is 2. The van der Waals surface area contributed by atoms with E-state index in [0.717, 1.165) is 42.5 Å². The second kappa shape index (κ2) is 12.1. The highest BCUT2D eigenvalue weighted by Gasteiger charge is 2.37. The average molecular weight is 641 g/mol. The van der Waals surface area contributed by atoms with Crippen LogP contribution in [0, 0.1) is 23.3 Å². The fourth-order valence-electron chi connectivity index (χ4n) is 5.70. The van der Waals surface area contributed by atoms with E-state index in [0.29, 0.717) is 23.4 Å². The molecule has 2 aliphatic heterocycles. The number of nitrogens with zero attached hydrogens (tertiary/aromatic N) is 4. The summed E-state index contributed by atoms with van der Waals surface area (Å²) < 4.78 is 56.9. The number of anilines is 2. The summed E-state index contributed by atoms with van der Waals surface area (Å²) in [5, 5.41) is 3.07. The third-order valence-electron chi connectivity index (χ3n) is 7.93. The van der Waals surface area contributed by atoms with Crippen molar-refractivity contribution in [3.05, 3.63) is 71.4 Å². The van der Waals surface area contributed by atoms with Crippen LogP contribution in [0.25, 0.3) is 11.1 Å². The van der Waals surface area contributed by atoms with Crippen molar-refractivity contribution >= 4 is 11.8 Å². The molecule has 204 valence electrons. The molecule has 5 rings (SSSR count). The maximum Gasteiger partial charge on any atom is 0.227 e. The van der Waals surface area contributed by atoms with Gasteiger partial charge in [-0.25, -0.2) is 22.5 Å². The van der Waals surface area contributed by atoms with Gasteiger partial charge in [0.25, 0.3) is 0 Å². The first-order valence-electron chi connectivity index (χ1n) is 12.9. The summed E-state index contributed by atoms with van der Waals surface area (Å²) >= 11 is 0. The summed E-state index contributed by atoms with van der Waals surface area (Å²) in [7, 11) is 2.37. The molecule has 3 heterocycles. The molecule has 0 aliphatic carbocycles. The van der Waals surface area contributed by atoms with E-state index in [1.54, 1.807) is 0 Å². The molecule has 10 heteroatoms. The molecule has 1 aromatic heterocycles. The minimum atomic E-state index is -0.744. The van der Waals surface area contributed by atoms with Gasteiger partial charge in [0.2, 0.25) is 5.95 Å². The number of halogens is 5. The number of aromatic nitrogens is 2. The Kier molecular flexibility index (Phi) is 9.12. The molecule has 1 N–H and O–H groups in total. The van der Waals surface area contributed by atoms with Gasteiger partial charge in [-0.05, 0) is 37.5 Å². The van der Waals surface area contributed by atoms with E-state index in [9.17, 15) is 17.6 Å². The van der Waals surface area contributed by atoms with E-state index >= 15 is 0 Å². The molecule has 2 aromatic carbocycles. The molecule has 0 unspecified atom stereocenters. The van der Waals surface area contributed by atoms with E-state index in [2.05, 4.69) is 22.2 Å². The molecule has 3 aromatic rings. The third-order valence-corrected chi connectivity index (χ3v) is 7.93. The lowest BCUT2D eigenvalue weighted by atomic mass is 9.97. The fraction of sp³-hybridized carbons (Fsp3) is 0.429. The molecule has 0 amide bonds. The summed E-state index contributed by atoms with van der Waals surface area (Å²) in [5.74, 6) is -1.97. The van der Waals surface area contributed by atoms with Gasteiger partial charge in [0.05, 0.1) is 26.2 Å². The van der Waals surface area contributed by atoms with Crippen LogP contribution in [0.1, 0.15) is 37.7 Å². The van der Waals surface area contributed by atoms with Gasteiger partial charge in [-0.1, -0.05) is 6.07 Å². The van der Waals surface area contributed by atoms with Crippen molar-refractivity contribution in [2.24, 2.45) is 0 Å². The first-order valence-corrected chi connectivity index (χ1v) is 12.9. The van der Waals surface area contributed by atoms with Crippen LogP contribution in [-0.2, 0) is 6.54 Å². The Bertz CT molecular complexity index is 1260. The van der Waals surface area contributed by atoms with Gasteiger partial charge >= 0.3 is 0 Å². The number of hydrogen-bond acceptors (Lipinski definition) is 4. The predicted octanol–water partition coefficient (Wildman–Crippen LogP) is 2.92. The van der Waals surface area contributed by atoms with Gasteiger partial charge in [0, 0.05) is 67.5 Å². The molecule has 5 nitrogen and oxygen atoms in total. The van der Waals surface area contributed by atoms with Crippen molar-refractivity contribution in [3.63, 3.8) is 0 Å². The molecule has 0 atom stereocenters. The van der Waals surface area contributed by atoms with E-state index in [1.807, 2.05) is 0 Å². The normalized spacial score (nSPS) is 17.7. The zero-order chi connectivity index (χ0) is 26.0. The Balaban J connectivity index is 0.00000336. The van der Waals surface area contributed by atoms with Crippen molar-refractivity contribution in [1.29, 1.82) is 0 Å². The summed E-state index contributed by atoms with van der Waals surface area (Å²) in [6.07, 6.45) is 7.48. The summed E-state index contributed by atoms with van der Waals surface area (Å²) in [6.45, 7) is 4.10. The lowest BCUT2D eigenvalue weighted by Crippen LogP contribution is -3.00. The average Bonchev–Trinajstić information content (AvgIpc) is 2.89. The zero-order valence-corrected chi connectivity index (χ0v) is 23.5. The van der Waals surface area contributed by atoms with Crippen LogP contribution in [0.15, 0.2) is 42.6 Å². The van der Waals surface area contributed by atoms with E-state index in [1.165, 1.54) is 62.8 Å². The molecule has 0 saturated carbocycles. The van der Waals surface area contributed by atoms with Gasteiger partial charge < -0.3 is 38.7 Å². The number of quaternary nitrogens is 1. The van der Waals surface area contributed by atoms with E-state index in [-0.39, 0.29) is 41.6 Å². The Hall–Kier alpha value is -2.47. The smallest absolute Gasteiger partial charge is 0.227 e. The Morgan fingerprint density at radius 3 is 2.21 bits per heavy atom. The first-order chi connectivity index (χ1) is 17.8. The molecular weight excluding hydrogens is 609 g/mol. The largest absolute Gasteiger partial charge is 1.00 e. The van der Waals surface area contributed by atoms with Crippen LogP contribution < -0.4 is 34.2 Å². The third kappa shape index (κ3) is 6.22. The quantitative estimate of drug-likeness (QED) is 0.256. The van der Waals surface area contributed by atoms with Gasteiger partial charge in [-0.15, -0.1) is 0 Å². The highest BCUT2D eigenvalue weighted by Crippen LogP contribution is 2.32. The van der Waals surface area contributed by atoms with Gasteiger partial charge in [0.1, 0.15) is 29.1 Å². The molecule has 0 radical (unpaired) electrons. The Labute approximate surface area is 237 Å². The number of likely N-dealkylation sites (tertiary alicyclic amines) is 1. The van der Waals surface area contributed by atoms with Crippen LogP contribution in [0.5, 0.6) is 0 Å². The molecular formula is C28H32F4IN5. The van der Waals surface area contributed by atoms with Crippen molar-refractivity contribution < 1.29 is 46.0 Å². The second-order valence-electron chi connectivity index (χ2n) is 10.4. The fourth-order valence-corrected chi connectivity index (χ4v) is 5.70. The lowest BCUT2D eigenvalue weighted by molar-refractivity contribution is -0.938. The van der Waals surface area contributed by atoms with Crippen LogP contribution in [0.3, 0.4) is 0 Å². The Morgan fingerprint density at radius 1 is 0.895 bits per heavy atom. The predicted molar refractivity (Wildman–Crippen MR) is 136 cm³/mol. The number of piperidine rings is 2. The number of hydrogen-bond donors (Lipinski definition) is 1. The first kappa shape index (κ1) is 28.5.